The highest BCUT2D eigenvalue weighted by molar-refractivity contribution is 5.94. The second-order valence-corrected chi connectivity index (χ2v) is 6.51. The van der Waals surface area contributed by atoms with E-state index in [0.717, 1.165) is 31.6 Å². The Morgan fingerprint density at radius 3 is 2.62 bits per heavy atom. The summed E-state index contributed by atoms with van der Waals surface area (Å²) in [5.41, 5.74) is 7.26. The van der Waals surface area contributed by atoms with Gasteiger partial charge in [-0.1, -0.05) is 0 Å². The highest BCUT2D eigenvalue weighted by Gasteiger charge is 2.36. The maximum absolute atomic E-state index is 12.5. The fraction of sp³-hybridized carbons (Fsp3) is 0.562. The van der Waals surface area contributed by atoms with Crippen molar-refractivity contribution in [3.05, 3.63) is 24.3 Å². The van der Waals surface area contributed by atoms with Gasteiger partial charge in [-0.25, -0.2) is 4.79 Å². The van der Waals surface area contributed by atoms with Crippen LogP contribution >= 0.6 is 0 Å². The van der Waals surface area contributed by atoms with Crippen LogP contribution in [0.4, 0.5) is 16.2 Å². The van der Waals surface area contributed by atoms with E-state index in [-0.39, 0.29) is 17.7 Å². The third kappa shape index (κ3) is 2.97. The summed E-state index contributed by atoms with van der Waals surface area (Å²) in [6.45, 7) is 6.38. The zero-order valence-corrected chi connectivity index (χ0v) is 12.7. The molecule has 0 spiro atoms. The van der Waals surface area contributed by atoms with E-state index in [0.29, 0.717) is 12.2 Å². The van der Waals surface area contributed by atoms with Gasteiger partial charge < -0.3 is 15.4 Å². The fourth-order valence-electron chi connectivity index (χ4n) is 3.10. The summed E-state index contributed by atoms with van der Waals surface area (Å²) in [6, 6.07) is 7.51. The van der Waals surface area contributed by atoms with Gasteiger partial charge in [0.15, 0.2) is 0 Å². The van der Waals surface area contributed by atoms with Crippen LogP contribution in [0.25, 0.3) is 0 Å². The lowest BCUT2D eigenvalue weighted by Gasteiger charge is -2.24. The normalized spacial score (nSPS) is 24.9. The number of carbonyl (C=O) groups is 1. The van der Waals surface area contributed by atoms with Crippen LogP contribution < -0.4 is 10.6 Å². The number of amides is 2. The average molecular weight is 289 g/mol. The number of nitrogens with zero attached hydrogens (tertiary/aromatic N) is 2. The number of anilines is 2. The van der Waals surface area contributed by atoms with Crippen molar-refractivity contribution < 1.29 is 9.53 Å². The Hall–Kier alpha value is -1.75. The van der Waals surface area contributed by atoms with E-state index in [1.807, 2.05) is 29.2 Å². The lowest BCUT2D eigenvalue weighted by molar-refractivity contribution is -0.0228. The van der Waals surface area contributed by atoms with Gasteiger partial charge in [-0.15, -0.1) is 0 Å². The Morgan fingerprint density at radius 2 is 2.00 bits per heavy atom. The first-order valence-corrected chi connectivity index (χ1v) is 7.54. The number of nitrogens with two attached hydrogens (primary N) is 1. The summed E-state index contributed by atoms with van der Waals surface area (Å²) in [4.78, 5) is 16.2. The van der Waals surface area contributed by atoms with E-state index in [2.05, 4.69) is 13.8 Å². The maximum atomic E-state index is 12.5. The Kier molecular flexibility index (Phi) is 3.53. The van der Waals surface area contributed by atoms with E-state index < -0.39 is 0 Å². The van der Waals surface area contributed by atoms with Gasteiger partial charge in [0.05, 0.1) is 11.7 Å². The van der Waals surface area contributed by atoms with E-state index in [1.54, 1.807) is 4.90 Å². The van der Waals surface area contributed by atoms with Crippen molar-refractivity contribution in [2.24, 2.45) is 0 Å². The van der Waals surface area contributed by atoms with Gasteiger partial charge in [0.25, 0.3) is 0 Å². The summed E-state index contributed by atoms with van der Waals surface area (Å²) in [6.07, 6.45) is 2.25. The second-order valence-electron chi connectivity index (χ2n) is 6.51. The van der Waals surface area contributed by atoms with Gasteiger partial charge in [-0.3, -0.25) is 4.90 Å². The number of benzene rings is 1. The van der Waals surface area contributed by atoms with Crippen molar-refractivity contribution in [2.75, 3.05) is 30.3 Å². The van der Waals surface area contributed by atoms with Gasteiger partial charge in [0.2, 0.25) is 0 Å². The van der Waals surface area contributed by atoms with Crippen molar-refractivity contribution in [3.8, 4) is 0 Å². The first-order chi connectivity index (χ1) is 9.94. The molecule has 21 heavy (non-hydrogen) atoms. The van der Waals surface area contributed by atoms with Gasteiger partial charge in [0, 0.05) is 31.0 Å². The number of nitrogen functional groups attached to an aromatic ring is 1. The lowest BCUT2D eigenvalue weighted by atomic mass is 10.1. The molecule has 2 saturated heterocycles. The minimum Gasteiger partial charge on any atom is -0.399 e. The highest BCUT2D eigenvalue weighted by atomic mass is 16.5. The molecular formula is C16H23N3O2. The molecule has 0 aliphatic carbocycles. The van der Waals surface area contributed by atoms with Crippen molar-refractivity contribution in [3.63, 3.8) is 0 Å². The number of rotatable bonds is 3. The minimum atomic E-state index is -0.0515. The molecule has 2 heterocycles. The van der Waals surface area contributed by atoms with E-state index in [9.17, 15) is 4.79 Å². The maximum Gasteiger partial charge on any atom is 0.324 e. The smallest absolute Gasteiger partial charge is 0.324 e. The molecule has 1 unspecified atom stereocenters. The largest absolute Gasteiger partial charge is 0.399 e. The third-order valence-electron chi connectivity index (χ3n) is 4.28. The van der Waals surface area contributed by atoms with Crippen LogP contribution in [-0.4, -0.2) is 42.3 Å². The molecule has 5 nitrogen and oxygen atoms in total. The van der Waals surface area contributed by atoms with E-state index in [4.69, 9.17) is 10.5 Å². The van der Waals surface area contributed by atoms with Gasteiger partial charge in [0.1, 0.15) is 0 Å². The summed E-state index contributed by atoms with van der Waals surface area (Å²) in [5.74, 6) is 0. The zero-order valence-electron chi connectivity index (χ0n) is 12.7. The summed E-state index contributed by atoms with van der Waals surface area (Å²) in [5, 5.41) is 0. The predicted molar refractivity (Wildman–Crippen MR) is 83.4 cm³/mol. The van der Waals surface area contributed by atoms with Crippen LogP contribution in [0.15, 0.2) is 24.3 Å². The molecule has 2 fully saturated rings. The molecule has 114 valence electrons. The van der Waals surface area contributed by atoms with E-state index in [1.165, 1.54) is 0 Å². The molecule has 1 aromatic rings. The number of urea groups is 1. The summed E-state index contributed by atoms with van der Waals surface area (Å²) >= 11 is 0. The topological polar surface area (TPSA) is 58.8 Å². The third-order valence-corrected chi connectivity index (χ3v) is 4.28. The van der Waals surface area contributed by atoms with Crippen LogP contribution in [0.2, 0.25) is 0 Å². The molecule has 2 aliphatic rings. The van der Waals surface area contributed by atoms with Crippen LogP contribution in [0.5, 0.6) is 0 Å². The molecule has 2 aliphatic heterocycles. The van der Waals surface area contributed by atoms with Crippen LogP contribution in [0.1, 0.15) is 26.7 Å². The Bertz CT molecular complexity index is 527. The average Bonchev–Trinajstić information content (AvgIpc) is 2.95. The molecule has 2 amide bonds. The van der Waals surface area contributed by atoms with Crippen molar-refractivity contribution in [2.45, 2.75) is 38.4 Å². The standard InChI is InChI=1S/C16H23N3O2/c1-16(2)8-7-14(21-16)11-18-9-10-19(15(18)20)13-5-3-12(17)4-6-13/h3-6,14H,7-11,17H2,1-2H3. The SMILES string of the molecule is CC1(C)CCC(CN2CCN(c3ccc(N)cc3)C2=O)O1. The minimum absolute atomic E-state index is 0.0515. The van der Waals surface area contributed by atoms with Gasteiger partial charge in [-0.2, -0.15) is 0 Å². The van der Waals surface area contributed by atoms with Crippen molar-refractivity contribution in [1.82, 2.24) is 4.90 Å². The van der Waals surface area contributed by atoms with Gasteiger partial charge in [-0.05, 0) is 51.0 Å². The first-order valence-electron chi connectivity index (χ1n) is 7.54. The quantitative estimate of drug-likeness (QED) is 0.870. The van der Waals surface area contributed by atoms with Crippen LogP contribution in [0.3, 0.4) is 0 Å². The molecule has 0 bridgehead atoms. The zero-order chi connectivity index (χ0) is 15.0. The summed E-state index contributed by atoms with van der Waals surface area (Å²) < 4.78 is 5.99. The monoisotopic (exact) mass is 289 g/mol. The lowest BCUT2D eigenvalue weighted by Crippen LogP contribution is -2.37. The number of ether oxygens (including phenoxy) is 1. The van der Waals surface area contributed by atoms with Gasteiger partial charge >= 0.3 is 6.03 Å². The van der Waals surface area contributed by atoms with E-state index >= 15 is 0 Å². The number of carbonyl (C=O) groups excluding carboxylic acids is 1. The Morgan fingerprint density at radius 1 is 1.29 bits per heavy atom. The van der Waals surface area contributed by atoms with Crippen LogP contribution in [-0.2, 0) is 4.74 Å². The fourth-order valence-corrected chi connectivity index (χ4v) is 3.10. The first kappa shape index (κ1) is 14.2. The highest BCUT2D eigenvalue weighted by Crippen LogP contribution is 2.30. The predicted octanol–water partition coefficient (Wildman–Crippen LogP) is 2.47. The molecule has 2 N–H and O–H groups in total. The molecule has 0 aromatic heterocycles. The molecule has 5 heteroatoms. The molecular weight excluding hydrogens is 266 g/mol. The van der Waals surface area contributed by atoms with Crippen molar-refractivity contribution in [1.29, 1.82) is 0 Å². The molecule has 3 rings (SSSR count). The Balaban J connectivity index is 1.63. The molecule has 0 saturated carbocycles. The van der Waals surface area contributed by atoms with Crippen molar-refractivity contribution >= 4 is 17.4 Å². The Labute approximate surface area is 125 Å². The van der Waals surface area contributed by atoms with Crippen LogP contribution in [0, 0.1) is 0 Å². The number of hydrogen-bond donors (Lipinski definition) is 1. The second kappa shape index (κ2) is 5.22. The molecule has 0 radical (unpaired) electrons. The number of hydrogen-bond acceptors (Lipinski definition) is 3. The molecule has 1 atom stereocenters. The summed E-state index contributed by atoms with van der Waals surface area (Å²) in [7, 11) is 0. The molecule has 1 aromatic carbocycles.